The molecule has 2 heterocycles. The van der Waals surface area contributed by atoms with Crippen LogP contribution in [0.1, 0.15) is 29.2 Å². The number of thiophene rings is 1. The van der Waals surface area contributed by atoms with Gasteiger partial charge in [0.2, 0.25) is 0 Å². The number of benzene rings is 1. The third-order valence-electron chi connectivity index (χ3n) is 3.10. The Hall–Kier alpha value is -0.510. The van der Waals surface area contributed by atoms with Gasteiger partial charge in [-0.3, -0.25) is 0 Å². The Morgan fingerprint density at radius 2 is 1.89 bits per heavy atom. The summed E-state index contributed by atoms with van der Waals surface area (Å²) in [4.78, 5) is 4.10. The predicted molar refractivity (Wildman–Crippen MR) is 90.2 cm³/mol. The van der Waals surface area contributed by atoms with Gasteiger partial charge in [0.25, 0.3) is 0 Å². The molecular weight excluding hydrogens is 336 g/mol. The van der Waals surface area contributed by atoms with E-state index in [2.05, 4.69) is 73.1 Å². The van der Waals surface area contributed by atoms with Gasteiger partial charge in [-0.2, -0.15) is 0 Å². The second kappa shape index (κ2) is 4.80. The van der Waals surface area contributed by atoms with Crippen LogP contribution < -0.4 is 0 Å². The minimum absolute atomic E-state index is 0.147. The molecule has 0 aliphatic carbocycles. The van der Waals surface area contributed by atoms with E-state index < -0.39 is 0 Å². The van der Waals surface area contributed by atoms with Crippen molar-refractivity contribution in [2.45, 2.75) is 30.4 Å². The van der Waals surface area contributed by atoms with Gasteiger partial charge in [-0.05, 0) is 62.2 Å². The molecule has 0 atom stereocenters. The summed E-state index contributed by atoms with van der Waals surface area (Å²) in [6, 6.07) is 11.0. The summed E-state index contributed by atoms with van der Waals surface area (Å²) in [6.07, 6.45) is 2.40. The highest BCUT2D eigenvalue weighted by Crippen LogP contribution is 2.47. The van der Waals surface area contributed by atoms with Crippen LogP contribution in [0.5, 0.6) is 0 Å². The molecule has 19 heavy (non-hydrogen) atoms. The minimum Gasteiger partial charge on any atom is -0.141 e. The SMILES string of the molecule is Cc1ccc(C2=CC(C)(C)Sc3ccc(Br)cc32)s1. The summed E-state index contributed by atoms with van der Waals surface area (Å²) >= 11 is 7.40. The molecule has 0 N–H and O–H groups in total. The summed E-state index contributed by atoms with van der Waals surface area (Å²) in [5.41, 5.74) is 2.72. The quantitative estimate of drug-likeness (QED) is 0.595. The molecule has 0 nitrogen and oxygen atoms in total. The lowest BCUT2D eigenvalue weighted by Crippen LogP contribution is -2.15. The fourth-order valence-corrected chi connectivity index (χ4v) is 4.74. The van der Waals surface area contributed by atoms with Gasteiger partial charge in [0.05, 0.1) is 0 Å². The fraction of sp³-hybridized carbons (Fsp3) is 0.250. The molecular formula is C16H15BrS2. The average Bonchev–Trinajstić information content (AvgIpc) is 2.75. The van der Waals surface area contributed by atoms with Gasteiger partial charge in [-0.25, -0.2) is 0 Å². The van der Waals surface area contributed by atoms with Crippen molar-refractivity contribution in [3.63, 3.8) is 0 Å². The molecule has 0 saturated heterocycles. The maximum Gasteiger partial charge on any atom is 0.0349 e. The summed E-state index contributed by atoms with van der Waals surface area (Å²) in [5.74, 6) is 0. The van der Waals surface area contributed by atoms with Gasteiger partial charge in [-0.15, -0.1) is 23.1 Å². The molecule has 1 aromatic carbocycles. The molecule has 0 spiro atoms. The van der Waals surface area contributed by atoms with Crippen molar-refractivity contribution < 1.29 is 0 Å². The molecule has 3 rings (SSSR count). The third kappa shape index (κ3) is 2.69. The van der Waals surface area contributed by atoms with Crippen molar-refractivity contribution in [1.82, 2.24) is 0 Å². The van der Waals surface area contributed by atoms with Crippen LogP contribution in [0.15, 0.2) is 45.8 Å². The predicted octanol–water partition coefficient (Wildman–Crippen LogP) is 6.14. The molecule has 1 aliphatic rings. The van der Waals surface area contributed by atoms with E-state index in [1.807, 2.05) is 23.1 Å². The highest BCUT2D eigenvalue weighted by Gasteiger charge is 2.27. The number of aryl methyl sites for hydroxylation is 1. The molecule has 1 aliphatic heterocycles. The zero-order valence-electron chi connectivity index (χ0n) is 11.2. The molecule has 0 saturated carbocycles. The zero-order chi connectivity index (χ0) is 13.6. The summed E-state index contributed by atoms with van der Waals surface area (Å²) in [7, 11) is 0. The van der Waals surface area contributed by atoms with Gasteiger partial charge in [-0.1, -0.05) is 22.0 Å². The van der Waals surface area contributed by atoms with Crippen molar-refractivity contribution in [3.05, 3.63) is 56.2 Å². The van der Waals surface area contributed by atoms with Crippen molar-refractivity contribution in [2.75, 3.05) is 0 Å². The molecule has 0 unspecified atom stereocenters. The Morgan fingerprint density at radius 1 is 1.11 bits per heavy atom. The number of thioether (sulfide) groups is 1. The van der Waals surface area contributed by atoms with Crippen LogP contribution in [0, 0.1) is 6.92 Å². The first kappa shape index (κ1) is 13.5. The van der Waals surface area contributed by atoms with E-state index in [1.54, 1.807) is 0 Å². The molecule has 0 radical (unpaired) electrons. The van der Waals surface area contributed by atoms with Gasteiger partial charge < -0.3 is 0 Å². The maximum absolute atomic E-state index is 3.59. The number of halogens is 1. The van der Waals surface area contributed by atoms with Crippen LogP contribution in [0.25, 0.3) is 5.57 Å². The van der Waals surface area contributed by atoms with Crippen LogP contribution in [-0.4, -0.2) is 4.75 Å². The second-order valence-electron chi connectivity index (χ2n) is 5.31. The zero-order valence-corrected chi connectivity index (χ0v) is 14.4. The second-order valence-corrected chi connectivity index (χ2v) is 9.21. The summed E-state index contributed by atoms with van der Waals surface area (Å²) in [5, 5.41) is 0. The Bertz CT molecular complexity index is 665. The Labute approximate surface area is 131 Å². The standard InChI is InChI=1S/C16H15BrS2/c1-10-4-6-14(18-10)13-9-16(2,3)19-15-7-5-11(17)8-12(13)15/h4-9H,1-3H3. The minimum atomic E-state index is 0.147. The van der Waals surface area contributed by atoms with Crippen molar-refractivity contribution in [2.24, 2.45) is 0 Å². The largest absolute Gasteiger partial charge is 0.141 e. The smallest absolute Gasteiger partial charge is 0.0349 e. The van der Waals surface area contributed by atoms with Crippen molar-refractivity contribution in [3.8, 4) is 0 Å². The van der Waals surface area contributed by atoms with Gasteiger partial charge in [0.15, 0.2) is 0 Å². The topological polar surface area (TPSA) is 0 Å². The maximum atomic E-state index is 3.59. The van der Waals surface area contributed by atoms with E-state index >= 15 is 0 Å². The summed E-state index contributed by atoms with van der Waals surface area (Å²) in [6.45, 7) is 6.73. The van der Waals surface area contributed by atoms with Gasteiger partial charge in [0.1, 0.15) is 0 Å². The van der Waals surface area contributed by atoms with Crippen LogP contribution in [-0.2, 0) is 0 Å². The van der Waals surface area contributed by atoms with E-state index in [4.69, 9.17) is 0 Å². The lowest BCUT2D eigenvalue weighted by atomic mass is 9.99. The van der Waals surface area contributed by atoms with E-state index in [1.165, 1.54) is 25.8 Å². The third-order valence-corrected chi connectivity index (χ3v) is 5.85. The van der Waals surface area contributed by atoms with Gasteiger partial charge in [0, 0.05) is 23.9 Å². The molecule has 3 heteroatoms. The van der Waals surface area contributed by atoms with Crippen LogP contribution >= 0.6 is 39.0 Å². The lowest BCUT2D eigenvalue weighted by Gasteiger charge is -2.29. The van der Waals surface area contributed by atoms with Crippen molar-refractivity contribution in [1.29, 1.82) is 0 Å². The molecule has 98 valence electrons. The molecule has 0 amide bonds. The van der Waals surface area contributed by atoms with E-state index in [0.717, 1.165) is 4.47 Å². The van der Waals surface area contributed by atoms with Crippen molar-refractivity contribution >= 4 is 44.6 Å². The number of hydrogen-bond acceptors (Lipinski definition) is 2. The monoisotopic (exact) mass is 350 g/mol. The Morgan fingerprint density at radius 3 is 2.58 bits per heavy atom. The first-order valence-corrected chi connectivity index (χ1v) is 8.66. The molecule has 1 aromatic heterocycles. The first-order valence-electron chi connectivity index (χ1n) is 6.23. The van der Waals surface area contributed by atoms with Crippen LogP contribution in [0.2, 0.25) is 0 Å². The number of hydrogen-bond donors (Lipinski definition) is 0. The van der Waals surface area contributed by atoms with E-state index in [-0.39, 0.29) is 4.75 Å². The number of fused-ring (bicyclic) bond motifs is 1. The Balaban J connectivity index is 2.21. The first-order chi connectivity index (χ1) is 8.94. The van der Waals surface area contributed by atoms with E-state index in [9.17, 15) is 0 Å². The fourth-order valence-electron chi connectivity index (χ4n) is 2.32. The average molecular weight is 351 g/mol. The lowest BCUT2D eigenvalue weighted by molar-refractivity contribution is 0.892. The molecule has 0 bridgehead atoms. The highest BCUT2D eigenvalue weighted by molar-refractivity contribution is 9.10. The molecule has 0 fully saturated rings. The normalized spacial score (nSPS) is 16.9. The highest BCUT2D eigenvalue weighted by atomic mass is 79.9. The molecule has 2 aromatic rings. The van der Waals surface area contributed by atoms with Crippen LogP contribution in [0.4, 0.5) is 0 Å². The number of rotatable bonds is 1. The van der Waals surface area contributed by atoms with Crippen LogP contribution in [0.3, 0.4) is 0 Å². The van der Waals surface area contributed by atoms with E-state index in [0.29, 0.717) is 0 Å². The Kier molecular flexibility index (Phi) is 3.40. The van der Waals surface area contributed by atoms with Gasteiger partial charge >= 0.3 is 0 Å². The summed E-state index contributed by atoms with van der Waals surface area (Å²) < 4.78 is 1.29.